The van der Waals surface area contributed by atoms with Crippen molar-refractivity contribution in [3.8, 4) is 11.6 Å². The predicted molar refractivity (Wildman–Crippen MR) is 63.1 cm³/mol. The van der Waals surface area contributed by atoms with Crippen LogP contribution in [0, 0.1) is 5.82 Å². The van der Waals surface area contributed by atoms with Crippen LogP contribution < -0.4 is 4.74 Å². The van der Waals surface area contributed by atoms with Crippen LogP contribution in [0.3, 0.4) is 0 Å². The Balaban J connectivity index is 2.22. The van der Waals surface area contributed by atoms with Gasteiger partial charge in [-0.15, -0.1) is 11.6 Å². The van der Waals surface area contributed by atoms with E-state index in [1.807, 2.05) is 0 Å². The summed E-state index contributed by atoms with van der Waals surface area (Å²) in [4.78, 5) is 7.91. The minimum atomic E-state index is -0.627. The molecule has 0 aliphatic carbocycles. The normalized spacial score (nSPS) is 10.3. The van der Waals surface area contributed by atoms with Gasteiger partial charge >= 0.3 is 0 Å². The number of alkyl halides is 1. The molecule has 17 heavy (non-hydrogen) atoms. The standard InChI is InChI=1S/C11H7Cl2FN2O/c12-4-7-5-16-10(6-15-7)17-9-3-1-2-8(13)11(9)14/h1-3,5-6H,4H2. The Morgan fingerprint density at radius 2 is 2.06 bits per heavy atom. The summed E-state index contributed by atoms with van der Waals surface area (Å²) in [7, 11) is 0. The first kappa shape index (κ1) is 12.1. The number of ether oxygens (including phenoxy) is 1. The van der Waals surface area contributed by atoms with E-state index in [9.17, 15) is 4.39 Å². The van der Waals surface area contributed by atoms with Gasteiger partial charge in [0, 0.05) is 0 Å². The fraction of sp³-hybridized carbons (Fsp3) is 0.0909. The maximum Gasteiger partial charge on any atom is 0.237 e. The highest BCUT2D eigenvalue weighted by Gasteiger charge is 2.09. The average molecular weight is 273 g/mol. The molecule has 0 fully saturated rings. The molecule has 0 N–H and O–H groups in total. The molecule has 0 spiro atoms. The number of hydrogen-bond acceptors (Lipinski definition) is 3. The summed E-state index contributed by atoms with van der Waals surface area (Å²) in [5, 5.41) is -0.00663. The van der Waals surface area contributed by atoms with Crippen molar-refractivity contribution in [1.29, 1.82) is 0 Å². The maximum atomic E-state index is 13.5. The lowest BCUT2D eigenvalue weighted by molar-refractivity contribution is 0.425. The number of rotatable bonds is 3. The molecule has 0 atom stereocenters. The second kappa shape index (κ2) is 5.29. The van der Waals surface area contributed by atoms with Crippen molar-refractivity contribution in [3.05, 3.63) is 47.1 Å². The van der Waals surface area contributed by atoms with E-state index in [-0.39, 0.29) is 22.5 Å². The Bertz CT molecular complexity index is 519. The SMILES string of the molecule is Fc1c(Cl)cccc1Oc1cnc(CCl)cn1. The Labute approximate surface area is 107 Å². The highest BCUT2D eigenvalue weighted by atomic mass is 35.5. The molecule has 2 rings (SSSR count). The van der Waals surface area contributed by atoms with Crippen molar-refractivity contribution in [3.63, 3.8) is 0 Å². The molecule has 88 valence electrons. The van der Waals surface area contributed by atoms with Crippen LogP contribution in [0.1, 0.15) is 5.69 Å². The predicted octanol–water partition coefficient (Wildman–Crippen LogP) is 3.80. The van der Waals surface area contributed by atoms with Gasteiger partial charge in [0.15, 0.2) is 11.6 Å². The zero-order valence-electron chi connectivity index (χ0n) is 8.53. The molecule has 0 aliphatic rings. The van der Waals surface area contributed by atoms with Gasteiger partial charge in [-0.3, -0.25) is 4.98 Å². The Morgan fingerprint density at radius 1 is 1.24 bits per heavy atom. The fourth-order valence-corrected chi connectivity index (χ4v) is 1.44. The van der Waals surface area contributed by atoms with Gasteiger partial charge in [-0.05, 0) is 12.1 Å². The van der Waals surface area contributed by atoms with Crippen LogP contribution in [-0.4, -0.2) is 9.97 Å². The van der Waals surface area contributed by atoms with Gasteiger partial charge in [0.05, 0.1) is 29.0 Å². The van der Waals surface area contributed by atoms with Gasteiger partial charge in [0.2, 0.25) is 5.88 Å². The van der Waals surface area contributed by atoms with Crippen molar-refractivity contribution >= 4 is 23.2 Å². The van der Waals surface area contributed by atoms with Gasteiger partial charge < -0.3 is 4.74 Å². The van der Waals surface area contributed by atoms with Crippen LogP contribution in [0.2, 0.25) is 5.02 Å². The summed E-state index contributed by atoms with van der Waals surface area (Å²) >= 11 is 11.2. The molecule has 0 saturated heterocycles. The Morgan fingerprint density at radius 3 is 2.71 bits per heavy atom. The van der Waals surface area contributed by atoms with E-state index in [1.165, 1.54) is 24.5 Å². The monoisotopic (exact) mass is 272 g/mol. The van der Waals surface area contributed by atoms with Crippen LogP contribution in [0.5, 0.6) is 11.6 Å². The number of nitrogens with zero attached hydrogens (tertiary/aromatic N) is 2. The van der Waals surface area contributed by atoms with Crippen molar-refractivity contribution < 1.29 is 9.13 Å². The third-order valence-electron chi connectivity index (χ3n) is 1.95. The van der Waals surface area contributed by atoms with Gasteiger partial charge in [-0.1, -0.05) is 17.7 Å². The molecule has 0 aliphatic heterocycles. The van der Waals surface area contributed by atoms with Crippen LogP contribution in [-0.2, 0) is 5.88 Å². The topological polar surface area (TPSA) is 35.0 Å². The van der Waals surface area contributed by atoms with E-state index in [1.54, 1.807) is 6.07 Å². The first-order valence-corrected chi connectivity index (χ1v) is 5.60. The minimum absolute atomic E-state index is 0.00502. The molecular weight excluding hydrogens is 266 g/mol. The highest BCUT2D eigenvalue weighted by molar-refractivity contribution is 6.30. The molecule has 0 amide bonds. The third-order valence-corrected chi connectivity index (χ3v) is 2.51. The molecule has 2 aromatic rings. The first-order valence-electron chi connectivity index (χ1n) is 4.69. The van der Waals surface area contributed by atoms with Crippen LogP contribution >= 0.6 is 23.2 Å². The maximum absolute atomic E-state index is 13.5. The van der Waals surface area contributed by atoms with E-state index >= 15 is 0 Å². The van der Waals surface area contributed by atoms with Gasteiger partial charge in [0.1, 0.15) is 0 Å². The number of aromatic nitrogens is 2. The van der Waals surface area contributed by atoms with E-state index in [2.05, 4.69) is 9.97 Å². The smallest absolute Gasteiger partial charge is 0.237 e. The lowest BCUT2D eigenvalue weighted by Gasteiger charge is -2.06. The minimum Gasteiger partial charge on any atom is -0.434 e. The molecule has 0 bridgehead atoms. The second-order valence-electron chi connectivity index (χ2n) is 3.13. The molecule has 0 saturated carbocycles. The number of halogens is 3. The molecule has 1 heterocycles. The van der Waals surface area contributed by atoms with Crippen molar-refractivity contribution in [2.24, 2.45) is 0 Å². The molecule has 0 radical (unpaired) electrons. The van der Waals surface area contributed by atoms with E-state index in [4.69, 9.17) is 27.9 Å². The van der Waals surface area contributed by atoms with Crippen molar-refractivity contribution in [1.82, 2.24) is 9.97 Å². The zero-order chi connectivity index (χ0) is 12.3. The summed E-state index contributed by atoms with van der Waals surface area (Å²) in [6.07, 6.45) is 2.84. The van der Waals surface area contributed by atoms with Crippen LogP contribution in [0.25, 0.3) is 0 Å². The van der Waals surface area contributed by atoms with E-state index < -0.39 is 5.82 Å². The fourth-order valence-electron chi connectivity index (χ4n) is 1.14. The summed E-state index contributed by atoms with van der Waals surface area (Å²) in [6, 6.07) is 4.48. The van der Waals surface area contributed by atoms with Crippen molar-refractivity contribution in [2.75, 3.05) is 0 Å². The van der Waals surface area contributed by atoms with Gasteiger partial charge in [0.25, 0.3) is 0 Å². The van der Waals surface area contributed by atoms with Crippen molar-refractivity contribution in [2.45, 2.75) is 5.88 Å². The van der Waals surface area contributed by atoms with Gasteiger partial charge in [-0.2, -0.15) is 0 Å². The Kier molecular flexibility index (Phi) is 3.76. The lowest BCUT2D eigenvalue weighted by atomic mass is 10.3. The number of benzene rings is 1. The third kappa shape index (κ3) is 2.84. The first-order chi connectivity index (χ1) is 8.20. The van der Waals surface area contributed by atoms with Crippen LogP contribution in [0.4, 0.5) is 4.39 Å². The molecule has 1 aromatic carbocycles. The van der Waals surface area contributed by atoms with Gasteiger partial charge in [-0.25, -0.2) is 9.37 Å². The molecular formula is C11H7Cl2FN2O. The highest BCUT2D eigenvalue weighted by Crippen LogP contribution is 2.27. The lowest BCUT2D eigenvalue weighted by Crippen LogP contribution is -1.94. The van der Waals surface area contributed by atoms with E-state index in [0.717, 1.165) is 0 Å². The summed E-state index contributed by atoms with van der Waals surface area (Å²) in [5.74, 6) is -0.179. The molecule has 1 aromatic heterocycles. The summed E-state index contributed by atoms with van der Waals surface area (Å²) in [6.45, 7) is 0. The quantitative estimate of drug-likeness (QED) is 0.798. The molecule has 6 heteroatoms. The van der Waals surface area contributed by atoms with E-state index in [0.29, 0.717) is 5.69 Å². The van der Waals surface area contributed by atoms with Crippen LogP contribution in [0.15, 0.2) is 30.6 Å². The zero-order valence-corrected chi connectivity index (χ0v) is 10.0. The second-order valence-corrected chi connectivity index (χ2v) is 3.81. The average Bonchev–Trinajstić information content (AvgIpc) is 2.36. The summed E-state index contributed by atoms with van der Waals surface area (Å²) < 4.78 is 18.7. The molecule has 0 unspecified atom stereocenters. The molecule has 3 nitrogen and oxygen atoms in total. The largest absolute Gasteiger partial charge is 0.434 e. The Hall–Kier alpha value is -1.39. The number of hydrogen-bond donors (Lipinski definition) is 0. The summed E-state index contributed by atoms with van der Waals surface area (Å²) in [5.41, 5.74) is 0.616.